The van der Waals surface area contributed by atoms with E-state index in [0.717, 1.165) is 22.6 Å². The summed E-state index contributed by atoms with van der Waals surface area (Å²) in [4.78, 5) is 9.20. The van der Waals surface area contributed by atoms with Crippen LogP contribution in [0.15, 0.2) is 30.5 Å². The van der Waals surface area contributed by atoms with E-state index in [1.807, 2.05) is 16.8 Å². The van der Waals surface area contributed by atoms with E-state index >= 15 is 0 Å². The van der Waals surface area contributed by atoms with Gasteiger partial charge in [0.05, 0.1) is 29.2 Å². The Hall–Kier alpha value is -3.26. The number of rotatable bonds is 9. The number of hydrogen-bond donors (Lipinski definition) is 3. The van der Waals surface area contributed by atoms with Gasteiger partial charge in [0.15, 0.2) is 8.32 Å². The molecular weight excluding hydrogens is 506 g/mol. The Balaban J connectivity index is 1.66. The highest BCUT2D eigenvalue weighted by atomic mass is 28.4. The Morgan fingerprint density at radius 2 is 2.03 bits per heavy atom. The number of nitrogens with zero attached hydrogens (tertiary/aromatic N) is 5. The molecule has 3 aromatic rings. The molecular formula is C29H41N7O2Si. The van der Waals surface area contributed by atoms with Gasteiger partial charge in [0, 0.05) is 42.9 Å². The van der Waals surface area contributed by atoms with Crippen molar-refractivity contribution in [1.29, 1.82) is 5.26 Å². The molecule has 0 fully saturated rings. The summed E-state index contributed by atoms with van der Waals surface area (Å²) in [5, 5.41) is 30.9. The van der Waals surface area contributed by atoms with Crippen LogP contribution in [-0.4, -0.2) is 46.3 Å². The van der Waals surface area contributed by atoms with Gasteiger partial charge in [-0.3, -0.25) is 0 Å². The molecule has 0 saturated heterocycles. The van der Waals surface area contributed by atoms with Gasteiger partial charge in [-0.2, -0.15) is 10.4 Å². The number of aliphatic hydroxyl groups excluding tert-OH is 1. The highest BCUT2D eigenvalue weighted by molar-refractivity contribution is 6.74. The van der Waals surface area contributed by atoms with E-state index in [1.165, 1.54) is 0 Å². The minimum absolute atomic E-state index is 0.116. The Morgan fingerprint density at radius 3 is 2.67 bits per heavy atom. The molecule has 0 bridgehead atoms. The molecule has 1 atom stereocenters. The van der Waals surface area contributed by atoms with Crippen molar-refractivity contribution in [1.82, 2.24) is 19.7 Å². The molecule has 4 rings (SSSR count). The van der Waals surface area contributed by atoms with Crippen molar-refractivity contribution in [2.24, 2.45) is 5.92 Å². The molecule has 0 aliphatic carbocycles. The maximum atomic E-state index is 10.00. The predicted octanol–water partition coefficient (Wildman–Crippen LogP) is 5.81. The molecule has 1 aliphatic heterocycles. The zero-order valence-corrected chi connectivity index (χ0v) is 25.4. The molecule has 9 nitrogen and oxygen atoms in total. The quantitative estimate of drug-likeness (QED) is 0.287. The van der Waals surface area contributed by atoms with E-state index < -0.39 is 8.32 Å². The Morgan fingerprint density at radius 1 is 1.28 bits per heavy atom. The van der Waals surface area contributed by atoms with Crippen molar-refractivity contribution in [2.75, 3.05) is 23.8 Å². The summed E-state index contributed by atoms with van der Waals surface area (Å²) in [6.45, 7) is 19.5. The first-order chi connectivity index (χ1) is 18.3. The number of fused-ring (bicyclic) bond motifs is 1. The maximum absolute atomic E-state index is 10.00. The standard InChI is InChI=1S/C29H41N7O2Si/c1-19(2)15-36-25(13-22(16-37)35-36)34-27-31-10-9-24(33-27)20-11-21(14-30)26-23(12-20)29(6,17-32-26)18-38-39(7,8)28(3,4)5/h9-13,19,32,37H,15-18H2,1-8H3,(H,31,33,34)/t29-/m1/s1. The van der Waals surface area contributed by atoms with Crippen LogP contribution in [0.4, 0.5) is 17.5 Å². The van der Waals surface area contributed by atoms with E-state index in [1.54, 1.807) is 12.3 Å². The van der Waals surface area contributed by atoms with E-state index in [0.29, 0.717) is 48.5 Å². The molecule has 39 heavy (non-hydrogen) atoms. The fraction of sp³-hybridized carbons (Fsp3) is 0.517. The zero-order valence-electron chi connectivity index (χ0n) is 24.4. The third kappa shape index (κ3) is 6.00. The lowest BCUT2D eigenvalue weighted by Gasteiger charge is -2.39. The molecule has 1 aromatic carbocycles. The largest absolute Gasteiger partial charge is 0.416 e. The van der Waals surface area contributed by atoms with Crippen LogP contribution in [0.2, 0.25) is 18.1 Å². The topological polar surface area (TPSA) is 121 Å². The van der Waals surface area contributed by atoms with Crippen LogP contribution in [0.5, 0.6) is 0 Å². The number of benzene rings is 1. The lowest BCUT2D eigenvalue weighted by Crippen LogP contribution is -2.45. The first kappa shape index (κ1) is 28.7. The van der Waals surface area contributed by atoms with E-state index in [-0.39, 0.29) is 17.1 Å². The second-order valence-corrected chi connectivity index (χ2v) is 17.5. The summed E-state index contributed by atoms with van der Waals surface area (Å²) < 4.78 is 8.47. The van der Waals surface area contributed by atoms with Gasteiger partial charge in [-0.1, -0.05) is 41.5 Å². The number of aliphatic hydroxyl groups is 1. The van der Waals surface area contributed by atoms with E-state index in [4.69, 9.17) is 9.41 Å². The van der Waals surface area contributed by atoms with Crippen LogP contribution >= 0.6 is 0 Å². The van der Waals surface area contributed by atoms with Crippen LogP contribution in [0.3, 0.4) is 0 Å². The van der Waals surface area contributed by atoms with Gasteiger partial charge in [0.1, 0.15) is 11.9 Å². The molecule has 0 amide bonds. The fourth-order valence-corrected chi connectivity index (χ4v) is 5.55. The van der Waals surface area contributed by atoms with Gasteiger partial charge >= 0.3 is 0 Å². The fourth-order valence-electron chi connectivity index (χ4n) is 4.44. The zero-order chi connectivity index (χ0) is 28.6. The average molecular weight is 548 g/mol. The molecule has 3 heterocycles. The number of nitrogens with one attached hydrogen (secondary N) is 2. The summed E-state index contributed by atoms with van der Waals surface area (Å²) in [5.41, 5.74) is 4.42. The molecule has 3 N–H and O–H groups in total. The highest BCUT2D eigenvalue weighted by Crippen LogP contribution is 2.44. The minimum atomic E-state index is -1.95. The summed E-state index contributed by atoms with van der Waals surface area (Å²) >= 11 is 0. The molecule has 1 aliphatic rings. The van der Waals surface area contributed by atoms with Gasteiger partial charge in [-0.15, -0.1) is 0 Å². The van der Waals surface area contributed by atoms with Crippen molar-refractivity contribution in [3.8, 4) is 17.3 Å². The molecule has 2 aromatic heterocycles. The molecule has 208 valence electrons. The van der Waals surface area contributed by atoms with Gasteiger partial charge < -0.3 is 20.2 Å². The van der Waals surface area contributed by atoms with Crippen LogP contribution in [0, 0.1) is 17.2 Å². The van der Waals surface area contributed by atoms with Crippen molar-refractivity contribution >= 4 is 25.8 Å². The van der Waals surface area contributed by atoms with Crippen molar-refractivity contribution in [2.45, 2.75) is 78.2 Å². The number of aromatic nitrogens is 4. The first-order valence-corrected chi connectivity index (χ1v) is 16.4. The first-order valence-electron chi connectivity index (χ1n) is 13.5. The van der Waals surface area contributed by atoms with Gasteiger partial charge in [-0.05, 0) is 47.8 Å². The lowest BCUT2D eigenvalue weighted by molar-refractivity contribution is 0.220. The highest BCUT2D eigenvalue weighted by Gasteiger charge is 2.42. The smallest absolute Gasteiger partial charge is 0.228 e. The van der Waals surface area contributed by atoms with Gasteiger partial charge in [0.25, 0.3) is 0 Å². The molecule has 0 saturated carbocycles. The Kier molecular flexibility index (Phi) is 7.90. The number of hydrogen-bond acceptors (Lipinski definition) is 8. The lowest BCUT2D eigenvalue weighted by atomic mass is 9.83. The third-order valence-electron chi connectivity index (χ3n) is 7.84. The molecule has 0 spiro atoms. The summed E-state index contributed by atoms with van der Waals surface area (Å²) in [5.74, 6) is 1.52. The third-order valence-corrected chi connectivity index (χ3v) is 12.3. The van der Waals surface area contributed by atoms with Crippen molar-refractivity contribution in [3.63, 3.8) is 0 Å². The molecule has 0 unspecified atom stereocenters. The Bertz CT molecular complexity index is 1390. The summed E-state index contributed by atoms with van der Waals surface area (Å²) in [6.07, 6.45) is 1.71. The van der Waals surface area contributed by atoms with E-state index in [9.17, 15) is 10.4 Å². The molecule has 10 heteroatoms. The minimum Gasteiger partial charge on any atom is -0.416 e. The predicted molar refractivity (Wildman–Crippen MR) is 157 cm³/mol. The van der Waals surface area contributed by atoms with Crippen molar-refractivity contribution in [3.05, 3.63) is 47.3 Å². The van der Waals surface area contributed by atoms with Crippen LogP contribution in [0.1, 0.15) is 58.4 Å². The molecule has 0 radical (unpaired) electrons. The van der Waals surface area contributed by atoms with Gasteiger partial charge in [-0.25, -0.2) is 14.6 Å². The second kappa shape index (κ2) is 10.7. The second-order valence-electron chi connectivity index (χ2n) is 12.7. The van der Waals surface area contributed by atoms with Crippen molar-refractivity contribution < 1.29 is 9.53 Å². The maximum Gasteiger partial charge on any atom is 0.228 e. The van der Waals surface area contributed by atoms with E-state index in [2.05, 4.69) is 87.5 Å². The Labute approximate surface area is 232 Å². The SMILES string of the molecule is CC(C)Cn1nc(CO)cc1Nc1nccc(-c2cc(C#N)c3c(c2)[C@@](C)(CO[Si](C)(C)C(C)(C)C)CN3)n1. The normalized spacial score (nSPS) is 17.2. The van der Waals surface area contributed by atoms with Gasteiger partial charge in [0.2, 0.25) is 5.95 Å². The van der Waals surface area contributed by atoms with Crippen LogP contribution < -0.4 is 10.6 Å². The van der Waals surface area contributed by atoms with Crippen LogP contribution in [0.25, 0.3) is 11.3 Å². The summed E-state index contributed by atoms with van der Waals surface area (Å²) in [6, 6.07) is 10.0. The average Bonchev–Trinajstić information content (AvgIpc) is 3.42. The van der Waals surface area contributed by atoms with Crippen LogP contribution in [-0.2, 0) is 23.0 Å². The number of nitriles is 1. The summed E-state index contributed by atoms with van der Waals surface area (Å²) in [7, 11) is -1.95. The monoisotopic (exact) mass is 547 g/mol. The number of anilines is 3.